The Morgan fingerprint density at radius 3 is 2.50 bits per heavy atom. The Hall–Kier alpha value is -1.83. The third kappa shape index (κ3) is 2.41. The Labute approximate surface area is 129 Å². The number of nitro benzene ring substituents is 1. The fourth-order valence-electron chi connectivity index (χ4n) is 2.71. The van der Waals surface area contributed by atoms with E-state index in [1.807, 2.05) is 0 Å². The van der Waals surface area contributed by atoms with Crippen LogP contribution in [-0.2, 0) is 15.5 Å². The lowest BCUT2D eigenvalue weighted by Crippen LogP contribution is -2.66. The van der Waals surface area contributed by atoms with E-state index in [2.05, 4.69) is 5.32 Å². The molecule has 0 radical (unpaired) electrons. The van der Waals surface area contributed by atoms with Crippen LogP contribution in [0.25, 0.3) is 0 Å². The van der Waals surface area contributed by atoms with Crippen molar-refractivity contribution in [2.45, 2.75) is 31.1 Å². The second kappa shape index (κ2) is 4.84. The van der Waals surface area contributed by atoms with Crippen molar-refractivity contribution < 1.29 is 13.5 Å². The summed E-state index contributed by atoms with van der Waals surface area (Å²) < 4.78 is 26.4. The molecule has 6 nitrogen and oxygen atoms in total. The molecule has 122 valence electrons. The number of amidine groups is 1. The summed E-state index contributed by atoms with van der Waals surface area (Å²) in [6.45, 7) is 5.05. The van der Waals surface area contributed by atoms with Gasteiger partial charge < -0.3 is 5.32 Å². The summed E-state index contributed by atoms with van der Waals surface area (Å²) >= 11 is 0. The molecule has 8 heteroatoms. The molecule has 0 unspecified atom stereocenters. The number of halogens is 1. The van der Waals surface area contributed by atoms with E-state index < -0.39 is 31.0 Å². The van der Waals surface area contributed by atoms with E-state index in [1.165, 1.54) is 0 Å². The fourth-order valence-corrected chi connectivity index (χ4v) is 5.09. The zero-order chi connectivity index (χ0) is 16.9. The largest absolute Gasteiger partial charge is 0.363 e. The SMILES string of the molecule is CC1(C)C(=N)N[C@](C)(c2cc([N+](=O)[O-])ccc2F)C[SH]1(C)=O. The minimum absolute atomic E-state index is 0.0537. The maximum absolute atomic E-state index is 14.2. The minimum atomic E-state index is -2.81. The van der Waals surface area contributed by atoms with Crippen molar-refractivity contribution in [3.8, 4) is 0 Å². The average Bonchev–Trinajstić information content (AvgIpc) is 2.36. The normalized spacial score (nSPS) is 27.8. The summed E-state index contributed by atoms with van der Waals surface area (Å²) in [5.41, 5.74) is -1.29. The van der Waals surface area contributed by atoms with E-state index in [0.717, 1.165) is 18.2 Å². The summed E-state index contributed by atoms with van der Waals surface area (Å²) in [5, 5.41) is 21.9. The predicted molar refractivity (Wildman–Crippen MR) is 85.7 cm³/mol. The smallest absolute Gasteiger partial charge is 0.269 e. The van der Waals surface area contributed by atoms with Crippen molar-refractivity contribution in [1.29, 1.82) is 5.41 Å². The van der Waals surface area contributed by atoms with Crippen LogP contribution < -0.4 is 5.32 Å². The summed E-state index contributed by atoms with van der Waals surface area (Å²) in [4.78, 5) is 10.3. The highest BCUT2D eigenvalue weighted by molar-refractivity contribution is 8.04. The highest BCUT2D eigenvalue weighted by Gasteiger charge is 2.49. The van der Waals surface area contributed by atoms with Gasteiger partial charge in [-0.2, -0.15) is 0 Å². The number of non-ortho nitro benzene ring substituents is 1. The van der Waals surface area contributed by atoms with Crippen LogP contribution in [0.3, 0.4) is 0 Å². The fraction of sp³-hybridized carbons (Fsp3) is 0.500. The van der Waals surface area contributed by atoms with Crippen molar-refractivity contribution >= 4 is 21.5 Å². The van der Waals surface area contributed by atoms with Gasteiger partial charge in [0.05, 0.1) is 15.2 Å². The Balaban J connectivity index is 2.57. The van der Waals surface area contributed by atoms with E-state index in [1.54, 1.807) is 27.0 Å². The van der Waals surface area contributed by atoms with Gasteiger partial charge in [-0.1, -0.05) is 9.93 Å². The zero-order valence-corrected chi connectivity index (χ0v) is 13.8. The third-order valence-electron chi connectivity index (χ3n) is 4.57. The molecule has 0 spiro atoms. The molecule has 0 saturated carbocycles. The first-order valence-electron chi connectivity index (χ1n) is 6.79. The van der Waals surface area contributed by atoms with E-state index in [0.29, 0.717) is 0 Å². The number of nitro groups is 1. The van der Waals surface area contributed by atoms with Gasteiger partial charge in [0.25, 0.3) is 5.69 Å². The van der Waals surface area contributed by atoms with Crippen molar-refractivity contribution in [2.24, 2.45) is 0 Å². The summed E-state index contributed by atoms with van der Waals surface area (Å²) in [6.07, 6.45) is 1.59. The second-order valence-corrected chi connectivity index (χ2v) is 10.2. The van der Waals surface area contributed by atoms with Gasteiger partial charge in [0.15, 0.2) is 0 Å². The lowest BCUT2D eigenvalue weighted by atomic mass is 9.91. The first-order valence-corrected chi connectivity index (χ1v) is 9.13. The molecule has 1 aliphatic heterocycles. The Morgan fingerprint density at radius 2 is 2.00 bits per heavy atom. The Kier molecular flexibility index (Phi) is 3.64. The van der Waals surface area contributed by atoms with Crippen LogP contribution in [0.15, 0.2) is 18.2 Å². The molecule has 1 aromatic rings. The van der Waals surface area contributed by atoms with Crippen LogP contribution in [0.1, 0.15) is 26.3 Å². The third-order valence-corrected chi connectivity index (χ3v) is 8.39. The van der Waals surface area contributed by atoms with Crippen molar-refractivity contribution in [3.05, 3.63) is 39.7 Å². The molecule has 0 bridgehead atoms. The number of nitrogens with one attached hydrogen (secondary N) is 2. The van der Waals surface area contributed by atoms with Gasteiger partial charge in [-0.25, -0.2) is 4.39 Å². The first-order chi connectivity index (χ1) is 9.91. The van der Waals surface area contributed by atoms with E-state index >= 15 is 0 Å². The topological polar surface area (TPSA) is 96.1 Å². The van der Waals surface area contributed by atoms with Gasteiger partial charge in [-0.15, -0.1) is 0 Å². The summed E-state index contributed by atoms with van der Waals surface area (Å²) in [7, 11) is -2.81. The molecule has 1 aliphatic rings. The van der Waals surface area contributed by atoms with E-state index in [4.69, 9.17) is 5.41 Å². The molecule has 0 aromatic heterocycles. The van der Waals surface area contributed by atoms with Crippen LogP contribution in [0, 0.1) is 21.3 Å². The van der Waals surface area contributed by atoms with Gasteiger partial charge in [0.2, 0.25) is 0 Å². The van der Waals surface area contributed by atoms with Gasteiger partial charge in [-0.05, 0) is 33.1 Å². The number of nitrogens with zero attached hydrogens (tertiary/aromatic N) is 1. The van der Waals surface area contributed by atoms with Crippen LogP contribution in [0.5, 0.6) is 0 Å². The zero-order valence-electron chi connectivity index (χ0n) is 12.9. The molecule has 1 fully saturated rings. The second-order valence-electron chi connectivity index (χ2n) is 6.57. The first kappa shape index (κ1) is 16.5. The lowest BCUT2D eigenvalue weighted by molar-refractivity contribution is -0.385. The maximum Gasteiger partial charge on any atom is 0.269 e. The molecular weight excluding hydrogens is 309 g/mol. The summed E-state index contributed by atoms with van der Waals surface area (Å²) in [5.74, 6) is -0.445. The maximum atomic E-state index is 14.2. The molecule has 1 atom stereocenters. The van der Waals surface area contributed by atoms with Gasteiger partial charge in [0.1, 0.15) is 11.7 Å². The number of benzene rings is 1. The Morgan fingerprint density at radius 1 is 1.41 bits per heavy atom. The van der Waals surface area contributed by atoms with Crippen LogP contribution in [-0.4, -0.2) is 31.7 Å². The van der Waals surface area contributed by atoms with Crippen LogP contribution >= 0.6 is 0 Å². The highest BCUT2D eigenvalue weighted by Crippen LogP contribution is 2.38. The molecule has 1 saturated heterocycles. The summed E-state index contributed by atoms with van der Waals surface area (Å²) in [6, 6.07) is 3.27. The number of hydrogen-bond acceptors (Lipinski definition) is 4. The quantitative estimate of drug-likeness (QED) is 0.439. The standard InChI is InChI=1S/C14H20FN3O3S/c1-13(2)12(16)17-14(3,8-22(13,4)21)10-7-9(18(19)20)5-6-11(10)15/h5-7,22H,8H2,1-4H3,(H2,16,17)/t14-/m0/s1. The van der Waals surface area contributed by atoms with Crippen molar-refractivity contribution in [2.75, 3.05) is 12.0 Å². The van der Waals surface area contributed by atoms with Crippen LogP contribution in [0.4, 0.5) is 10.1 Å². The van der Waals surface area contributed by atoms with Gasteiger partial charge in [0, 0.05) is 23.4 Å². The number of rotatable bonds is 2. The molecule has 22 heavy (non-hydrogen) atoms. The predicted octanol–water partition coefficient (Wildman–Crippen LogP) is 1.95. The molecular formula is C14H20FN3O3S. The highest BCUT2D eigenvalue weighted by atomic mass is 32.2. The monoisotopic (exact) mass is 329 g/mol. The lowest BCUT2D eigenvalue weighted by Gasteiger charge is -2.50. The minimum Gasteiger partial charge on any atom is -0.363 e. The molecule has 2 rings (SSSR count). The van der Waals surface area contributed by atoms with E-state index in [-0.39, 0.29) is 22.8 Å². The van der Waals surface area contributed by atoms with Gasteiger partial charge in [-0.3, -0.25) is 19.7 Å². The van der Waals surface area contributed by atoms with Crippen molar-refractivity contribution in [3.63, 3.8) is 0 Å². The van der Waals surface area contributed by atoms with Crippen molar-refractivity contribution in [1.82, 2.24) is 5.32 Å². The number of hydrogen-bond donors (Lipinski definition) is 3. The van der Waals surface area contributed by atoms with Gasteiger partial charge >= 0.3 is 0 Å². The Bertz CT molecular complexity index is 719. The molecule has 0 aliphatic carbocycles. The molecule has 1 aromatic carbocycles. The average molecular weight is 329 g/mol. The van der Waals surface area contributed by atoms with E-state index in [9.17, 15) is 18.7 Å². The number of thiol groups is 1. The van der Waals surface area contributed by atoms with Crippen LogP contribution in [0.2, 0.25) is 0 Å². The molecule has 0 amide bonds. The molecule has 1 heterocycles. The molecule has 2 N–H and O–H groups in total.